The zero-order chi connectivity index (χ0) is 12.0. The lowest BCUT2D eigenvalue weighted by Gasteiger charge is -2.19. The van der Waals surface area contributed by atoms with Gasteiger partial charge in [0.25, 0.3) is 0 Å². The molecule has 0 spiro atoms. The largest absolute Gasteiger partial charge is 0.310 e. The molecule has 1 rings (SSSR count). The van der Waals surface area contributed by atoms with Crippen molar-refractivity contribution in [3.8, 4) is 0 Å². The summed E-state index contributed by atoms with van der Waals surface area (Å²) in [6.45, 7) is 6.87. The van der Waals surface area contributed by atoms with E-state index in [1.807, 2.05) is 18.2 Å². The Morgan fingerprint density at radius 1 is 1.44 bits per heavy atom. The predicted molar refractivity (Wildman–Crippen MR) is 72.3 cm³/mol. The highest BCUT2D eigenvalue weighted by atomic mass is 35.5. The number of halogens is 2. The molecule has 0 aliphatic heterocycles. The second-order valence-corrected chi connectivity index (χ2v) is 4.46. The average Bonchev–Trinajstić information content (AvgIpc) is 2.28. The molecule has 0 aliphatic carbocycles. The van der Waals surface area contributed by atoms with Gasteiger partial charge in [0.2, 0.25) is 0 Å². The van der Waals surface area contributed by atoms with E-state index in [0.717, 1.165) is 24.9 Å². The Kier molecular flexibility index (Phi) is 5.89. The number of hydrogen-bond acceptors (Lipinski definition) is 1. The van der Waals surface area contributed by atoms with E-state index in [2.05, 4.69) is 18.8 Å². The van der Waals surface area contributed by atoms with Gasteiger partial charge in [-0.05, 0) is 31.0 Å². The van der Waals surface area contributed by atoms with E-state index < -0.39 is 0 Å². The summed E-state index contributed by atoms with van der Waals surface area (Å²) in [6.07, 6.45) is 3.83. The molecule has 1 aromatic carbocycles. The third-order valence-corrected chi connectivity index (χ3v) is 3.23. The van der Waals surface area contributed by atoms with Gasteiger partial charge in [0, 0.05) is 6.04 Å². The molecule has 16 heavy (non-hydrogen) atoms. The molecule has 0 saturated carbocycles. The lowest BCUT2D eigenvalue weighted by Crippen LogP contribution is -2.21. The minimum Gasteiger partial charge on any atom is -0.310 e. The molecule has 3 heteroatoms. The number of nitrogens with one attached hydrogen (secondary N) is 1. The first-order valence-electron chi connectivity index (χ1n) is 5.48. The van der Waals surface area contributed by atoms with Crippen LogP contribution < -0.4 is 5.32 Å². The van der Waals surface area contributed by atoms with E-state index in [1.54, 1.807) is 6.07 Å². The first kappa shape index (κ1) is 13.6. The summed E-state index contributed by atoms with van der Waals surface area (Å²) in [5.41, 5.74) is 1.04. The highest BCUT2D eigenvalue weighted by Crippen LogP contribution is 2.31. The molecular formula is C13H17Cl2N. The highest BCUT2D eigenvalue weighted by Gasteiger charge is 2.13. The van der Waals surface area contributed by atoms with E-state index in [-0.39, 0.29) is 6.04 Å². The van der Waals surface area contributed by atoms with E-state index in [9.17, 15) is 0 Å². The molecule has 0 heterocycles. The van der Waals surface area contributed by atoms with Crippen LogP contribution in [0.5, 0.6) is 0 Å². The topological polar surface area (TPSA) is 12.0 Å². The molecule has 0 fully saturated rings. The molecule has 0 bridgehead atoms. The van der Waals surface area contributed by atoms with Crippen molar-refractivity contribution < 1.29 is 0 Å². The summed E-state index contributed by atoms with van der Waals surface area (Å²) in [7, 11) is 0. The van der Waals surface area contributed by atoms with Crippen LogP contribution >= 0.6 is 23.2 Å². The molecule has 0 saturated heterocycles. The Bertz CT molecular complexity index is 350. The molecule has 0 aromatic heterocycles. The Labute approximate surface area is 107 Å². The van der Waals surface area contributed by atoms with Gasteiger partial charge in [-0.25, -0.2) is 0 Å². The van der Waals surface area contributed by atoms with Crippen LogP contribution in [-0.4, -0.2) is 6.54 Å². The summed E-state index contributed by atoms with van der Waals surface area (Å²) in [5, 5.41) is 4.68. The maximum atomic E-state index is 6.20. The first-order valence-corrected chi connectivity index (χ1v) is 6.24. The van der Waals surface area contributed by atoms with E-state index in [0.29, 0.717) is 10.0 Å². The summed E-state index contributed by atoms with van der Waals surface area (Å²) in [6, 6.07) is 5.93. The van der Waals surface area contributed by atoms with Gasteiger partial charge < -0.3 is 5.32 Å². The molecule has 1 unspecified atom stereocenters. The van der Waals surface area contributed by atoms with Crippen LogP contribution in [0.3, 0.4) is 0 Å². The standard InChI is InChI=1S/C13H17Cl2N/c1-3-6-12(16-9-4-2)10-7-5-8-11(14)13(10)15/h3,5,7-8,12,16H,1,4,6,9H2,2H3. The molecule has 0 radical (unpaired) electrons. The number of benzene rings is 1. The normalized spacial score (nSPS) is 12.4. The first-order chi connectivity index (χ1) is 7.70. The van der Waals surface area contributed by atoms with Gasteiger partial charge in [-0.15, -0.1) is 6.58 Å². The second-order valence-electron chi connectivity index (χ2n) is 3.67. The van der Waals surface area contributed by atoms with Gasteiger partial charge in [0.1, 0.15) is 0 Å². The van der Waals surface area contributed by atoms with Crippen molar-refractivity contribution in [2.24, 2.45) is 0 Å². The maximum absolute atomic E-state index is 6.20. The predicted octanol–water partition coefficient (Wildman–Crippen LogP) is 4.61. The molecule has 0 amide bonds. The Morgan fingerprint density at radius 3 is 2.81 bits per heavy atom. The van der Waals surface area contributed by atoms with Crippen molar-refractivity contribution in [3.63, 3.8) is 0 Å². The second kappa shape index (κ2) is 6.95. The van der Waals surface area contributed by atoms with Crippen LogP contribution in [0.15, 0.2) is 30.9 Å². The van der Waals surface area contributed by atoms with Gasteiger partial charge in [-0.3, -0.25) is 0 Å². The molecular weight excluding hydrogens is 241 g/mol. The molecule has 88 valence electrons. The minimum atomic E-state index is 0.198. The van der Waals surface area contributed by atoms with Gasteiger partial charge in [0.15, 0.2) is 0 Å². The minimum absolute atomic E-state index is 0.198. The van der Waals surface area contributed by atoms with E-state index in [1.165, 1.54) is 0 Å². The number of hydrogen-bond donors (Lipinski definition) is 1. The van der Waals surface area contributed by atoms with Crippen LogP contribution in [0.2, 0.25) is 10.0 Å². The van der Waals surface area contributed by atoms with Crippen molar-refractivity contribution >= 4 is 23.2 Å². The van der Waals surface area contributed by atoms with Crippen LogP contribution in [0, 0.1) is 0 Å². The van der Waals surface area contributed by atoms with Gasteiger partial charge in [-0.2, -0.15) is 0 Å². The zero-order valence-corrected chi connectivity index (χ0v) is 11.0. The molecule has 1 N–H and O–H groups in total. The van der Waals surface area contributed by atoms with Gasteiger partial charge in [0.05, 0.1) is 10.0 Å². The SMILES string of the molecule is C=CCC(NCCC)c1cccc(Cl)c1Cl. The fraction of sp³-hybridized carbons (Fsp3) is 0.385. The van der Waals surface area contributed by atoms with Crippen molar-refractivity contribution in [1.82, 2.24) is 5.32 Å². The Morgan fingerprint density at radius 2 is 2.19 bits per heavy atom. The van der Waals surface area contributed by atoms with Crippen molar-refractivity contribution in [1.29, 1.82) is 0 Å². The fourth-order valence-electron chi connectivity index (χ4n) is 1.60. The highest BCUT2D eigenvalue weighted by molar-refractivity contribution is 6.42. The third-order valence-electron chi connectivity index (χ3n) is 2.40. The third kappa shape index (κ3) is 3.51. The fourth-order valence-corrected chi connectivity index (χ4v) is 2.03. The quantitative estimate of drug-likeness (QED) is 0.734. The maximum Gasteiger partial charge on any atom is 0.0640 e. The van der Waals surface area contributed by atoms with Gasteiger partial charge in [-0.1, -0.05) is 48.3 Å². The molecule has 1 nitrogen and oxygen atoms in total. The van der Waals surface area contributed by atoms with E-state index >= 15 is 0 Å². The van der Waals surface area contributed by atoms with Crippen molar-refractivity contribution in [2.75, 3.05) is 6.54 Å². The Balaban J connectivity index is 2.91. The van der Waals surface area contributed by atoms with Crippen LogP contribution in [0.1, 0.15) is 31.4 Å². The summed E-state index contributed by atoms with van der Waals surface area (Å²) in [5.74, 6) is 0. The van der Waals surface area contributed by atoms with Crippen molar-refractivity contribution in [2.45, 2.75) is 25.8 Å². The smallest absolute Gasteiger partial charge is 0.0640 e. The summed E-state index contributed by atoms with van der Waals surface area (Å²) in [4.78, 5) is 0. The summed E-state index contributed by atoms with van der Waals surface area (Å²) < 4.78 is 0. The van der Waals surface area contributed by atoms with Crippen LogP contribution in [0.25, 0.3) is 0 Å². The molecule has 1 atom stereocenters. The van der Waals surface area contributed by atoms with Crippen LogP contribution in [-0.2, 0) is 0 Å². The Hall–Kier alpha value is -0.500. The van der Waals surface area contributed by atoms with Crippen molar-refractivity contribution in [3.05, 3.63) is 46.5 Å². The zero-order valence-electron chi connectivity index (χ0n) is 9.47. The number of rotatable bonds is 6. The van der Waals surface area contributed by atoms with E-state index in [4.69, 9.17) is 23.2 Å². The van der Waals surface area contributed by atoms with Gasteiger partial charge >= 0.3 is 0 Å². The lowest BCUT2D eigenvalue weighted by molar-refractivity contribution is 0.537. The molecule has 1 aromatic rings. The monoisotopic (exact) mass is 257 g/mol. The lowest BCUT2D eigenvalue weighted by atomic mass is 10.0. The molecule has 0 aliphatic rings. The average molecular weight is 258 g/mol. The van der Waals surface area contributed by atoms with Crippen LogP contribution in [0.4, 0.5) is 0 Å². The summed E-state index contributed by atoms with van der Waals surface area (Å²) >= 11 is 12.2.